The molecule has 0 aliphatic rings. The molecule has 24 heavy (non-hydrogen) atoms. The van der Waals surface area contributed by atoms with Gasteiger partial charge in [-0.05, 0) is 39.6 Å². The van der Waals surface area contributed by atoms with Crippen LogP contribution in [0.3, 0.4) is 0 Å². The summed E-state index contributed by atoms with van der Waals surface area (Å²) < 4.78 is 1.81. The van der Waals surface area contributed by atoms with Crippen molar-refractivity contribution in [1.29, 1.82) is 0 Å². The normalized spacial score (nSPS) is 12.5. The van der Waals surface area contributed by atoms with E-state index in [0.717, 1.165) is 22.5 Å². The van der Waals surface area contributed by atoms with E-state index in [9.17, 15) is 4.79 Å². The molecule has 2 aromatic rings. The lowest BCUT2D eigenvalue weighted by Gasteiger charge is -2.26. The average molecular weight is 349 g/mol. The lowest BCUT2D eigenvalue weighted by molar-refractivity contribution is -0.120. The average Bonchev–Trinajstić information content (AvgIpc) is 2.75. The fourth-order valence-electron chi connectivity index (χ4n) is 2.82. The second-order valence-corrected chi connectivity index (χ2v) is 6.66. The molecule has 0 aliphatic carbocycles. The Balaban J connectivity index is 2.04. The van der Waals surface area contributed by atoms with Crippen LogP contribution in [-0.2, 0) is 18.3 Å². The van der Waals surface area contributed by atoms with Gasteiger partial charge in [-0.15, -0.1) is 0 Å². The van der Waals surface area contributed by atoms with E-state index in [0.29, 0.717) is 18.0 Å². The summed E-state index contributed by atoms with van der Waals surface area (Å²) in [4.78, 5) is 14.4. The minimum absolute atomic E-state index is 0.00639. The highest BCUT2D eigenvalue weighted by molar-refractivity contribution is 6.31. The molecule has 0 saturated heterocycles. The Morgan fingerprint density at radius 3 is 2.54 bits per heavy atom. The maximum absolute atomic E-state index is 12.4. The van der Waals surface area contributed by atoms with Gasteiger partial charge in [0.05, 0.1) is 18.2 Å². The van der Waals surface area contributed by atoms with Gasteiger partial charge in [-0.1, -0.05) is 29.8 Å². The van der Waals surface area contributed by atoms with Gasteiger partial charge in [0.25, 0.3) is 0 Å². The van der Waals surface area contributed by atoms with Crippen LogP contribution in [0, 0.1) is 13.8 Å². The first-order valence-electron chi connectivity index (χ1n) is 7.98. The quantitative estimate of drug-likeness (QED) is 0.873. The van der Waals surface area contributed by atoms with Gasteiger partial charge in [-0.2, -0.15) is 5.10 Å². The van der Waals surface area contributed by atoms with Crippen LogP contribution in [0.15, 0.2) is 24.3 Å². The van der Waals surface area contributed by atoms with Crippen molar-refractivity contribution in [2.24, 2.45) is 7.05 Å². The summed E-state index contributed by atoms with van der Waals surface area (Å²) >= 11 is 6.30. The van der Waals surface area contributed by atoms with Crippen LogP contribution in [-0.4, -0.2) is 41.2 Å². The molecule has 5 nitrogen and oxygen atoms in total. The molecule has 1 atom stereocenters. The van der Waals surface area contributed by atoms with Gasteiger partial charge in [0, 0.05) is 29.9 Å². The number of aryl methyl sites for hydroxylation is 2. The van der Waals surface area contributed by atoms with Crippen LogP contribution in [0.2, 0.25) is 5.02 Å². The van der Waals surface area contributed by atoms with Crippen molar-refractivity contribution in [3.63, 3.8) is 0 Å². The van der Waals surface area contributed by atoms with Crippen LogP contribution in [0.4, 0.5) is 0 Å². The van der Waals surface area contributed by atoms with Gasteiger partial charge in [0.15, 0.2) is 0 Å². The minimum Gasteiger partial charge on any atom is -0.354 e. The monoisotopic (exact) mass is 348 g/mol. The number of nitrogens with zero attached hydrogens (tertiary/aromatic N) is 3. The second kappa shape index (κ2) is 7.81. The molecule has 1 heterocycles. The first-order chi connectivity index (χ1) is 11.3. The van der Waals surface area contributed by atoms with E-state index in [4.69, 9.17) is 11.6 Å². The highest BCUT2D eigenvalue weighted by Gasteiger charge is 2.19. The largest absolute Gasteiger partial charge is 0.354 e. The summed E-state index contributed by atoms with van der Waals surface area (Å²) in [5.41, 5.74) is 3.94. The van der Waals surface area contributed by atoms with Crippen LogP contribution in [0.5, 0.6) is 0 Å². The number of benzene rings is 1. The maximum Gasteiger partial charge on any atom is 0.224 e. The molecule has 0 spiro atoms. The SMILES string of the molecule is Cc1nn(C)c(C)c1CC(=O)NC[C@H](c1ccccc1Cl)N(C)C. The third-order valence-corrected chi connectivity index (χ3v) is 4.72. The van der Waals surface area contributed by atoms with Gasteiger partial charge >= 0.3 is 0 Å². The van der Waals surface area contributed by atoms with Crippen LogP contribution in [0.25, 0.3) is 0 Å². The Kier molecular flexibility index (Phi) is 6.02. The van der Waals surface area contributed by atoms with Crippen LogP contribution >= 0.6 is 11.6 Å². The van der Waals surface area contributed by atoms with Crippen LogP contribution in [0.1, 0.15) is 28.6 Å². The van der Waals surface area contributed by atoms with Gasteiger partial charge in [0.1, 0.15) is 0 Å². The fraction of sp³-hybridized carbons (Fsp3) is 0.444. The predicted molar refractivity (Wildman–Crippen MR) is 97.3 cm³/mol. The van der Waals surface area contributed by atoms with Crippen molar-refractivity contribution in [3.05, 3.63) is 51.8 Å². The Morgan fingerprint density at radius 2 is 2.00 bits per heavy atom. The second-order valence-electron chi connectivity index (χ2n) is 6.25. The standard InChI is InChI=1S/C18H25ClN4O/c1-12-15(13(2)23(5)21-12)10-18(24)20-11-17(22(3)4)14-8-6-7-9-16(14)19/h6-9,17H,10-11H2,1-5H3,(H,20,24)/t17-/m1/s1. The summed E-state index contributed by atoms with van der Waals surface area (Å²) in [7, 11) is 5.86. The molecular weight excluding hydrogens is 324 g/mol. The van der Waals surface area contributed by atoms with Crippen molar-refractivity contribution in [2.75, 3.05) is 20.6 Å². The smallest absolute Gasteiger partial charge is 0.224 e. The Hall–Kier alpha value is -1.85. The number of amides is 1. The zero-order valence-corrected chi connectivity index (χ0v) is 15.7. The summed E-state index contributed by atoms with van der Waals surface area (Å²) in [6.45, 7) is 4.42. The van der Waals surface area contributed by atoms with Crippen molar-refractivity contribution in [2.45, 2.75) is 26.3 Å². The van der Waals surface area contributed by atoms with Gasteiger partial charge in [0.2, 0.25) is 5.91 Å². The third-order valence-electron chi connectivity index (χ3n) is 4.38. The van der Waals surface area contributed by atoms with E-state index in [1.165, 1.54) is 0 Å². The molecule has 0 bridgehead atoms. The number of halogens is 1. The highest BCUT2D eigenvalue weighted by atomic mass is 35.5. The van der Waals surface area contributed by atoms with E-state index in [2.05, 4.69) is 15.3 Å². The number of carbonyl (C=O) groups is 1. The molecule has 2 rings (SSSR count). The number of hydrogen-bond donors (Lipinski definition) is 1. The number of carbonyl (C=O) groups excluding carboxylic acids is 1. The van der Waals surface area contributed by atoms with E-state index < -0.39 is 0 Å². The molecule has 1 N–H and O–H groups in total. The van der Waals surface area contributed by atoms with E-state index in [1.807, 2.05) is 63.9 Å². The van der Waals surface area contributed by atoms with Crippen molar-refractivity contribution >= 4 is 17.5 Å². The lowest BCUT2D eigenvalue weighted by atomic mass is 10.1. The molecule has 130 valence electrons. The molecule has 1 aromatic carbocycles. The zero-order valence-electron chi connectivity index (χ0n) is 14.9. The number of rotatable bonds is 6. The predicted octanol–water partition coefficient (Wildman–Crippen LogP) is 2.65. The van der Waals surface area contributed by atoms with Crippen LogP contribution < -0.4 is 5.32 Å². The number of likely N-dealkylation sites (N-methyl/N-ethyl adjacent to an activating group) is 1. The molecule has 0 saturated carbocycles. The molecule has 6 heteroatoms. The zero-order chi connectivity index (χ0) is 17.9. The molecule has 1 aromatic heterocycles. The Morgan fingerprint density at radius 1 is 1.33 bits per heavy atom. The molecule has 0 unspecified atom stereocenters. The topological polar surface area (TPSA) is 50.2 Å². The molecule has 0 radical (unpaired) electrons. The van der Waals surface area contributed by atoms with E-state index in [-0.39, 0.29) is 11.9 Å². The molecule has 0 fully saturated rings. The first kappa shape index (κ1) is 18.5. The summed E-state index contributed by atoms with van der Waals surface area (Å²) in [5, 5.41) is 8.10. The summed E-state index contributed by atoms with van der Waals surface area (Å²) in [6.07, 6.45) is 0.341. The molecule has 1 amide bonds. The Bertz CT molecular complexity index is 724. The summed E-state index contributed by atoms with van der Waals surface area (Å²) in [6, 6.07) is 7.76. The minimum atomic E-state index is -0.00639. The first-order valence-corrected chi connectivity index (χ1v) is 8.35. The van der Waals surface area contributed by atoms with Crippen molar-refractivity contribution in [3.8, 4) is 0 Å². The van der Waals surface area contributed by atoms with Gasteiger partial charge < -0.3 is 10.2 Å². The van der Waals surface area contributed by atoms with E-state index in [1.54, 1.807) is 0 Å². The van der Waals surface area contributed by atoms with Gasteiger partial charge in [-0.25, -0.2) is 0 Å². The maximum atomic E-state index is 12.4. The molecular formula is C18H25ClN4O. The van der Waals surface area contributed by atoms with Crippen molar-refractivity contribution in [1.82, 2.24) is 20.0 Å². The number of nitrogens with one attached hydrogen (secondary N) is 1. The number of aromatic nitrogens is 2. The van der Waals surface area contributed by atoms with Gasteiger partial charge in [-0.3, -0.25) is 9.48 Å². The molecule has 0 aliphatic heterocycles. The number of hydrogen-bond acceptors (Lipinski definition) is 3. The van der Waals surface area contributed by atoms with Crippen molar-refractivity contribution < 1.29 is 4.79 Å². The lowest BCUT2D eigenvalue weighted by Crippen LogP contribution is -2.35. The summed E-state index contributed by atoms with van der Waals surface area (Å²) in [5.74, 6) is -0.00639. The highest BCUT2D eigenvalue weighted by Crippen LogP contribution is 2.25. The Labute approximate surface area is 148 Å². The third kappa shape index (κ3) is 4.16. The van der Waals surface area contributed by atoms with E-state index >= 15 is 0 Å². The fourth-order valence-corrected chi connectivity index (χ4v) is 3.08.